The highest BCUT2D eigenvalue weighted by Crippen LogP contribution is 2.46. The highest BCUT2D eigenvalue weighted by atomic mass is 16.6. The predicted molar refractivity (Wildman–Crippen MR) is 144 cm³/mol. The van der Waals surface area contributed by atoms with E-state index in [4.69, 9.17) is 15.2 Å². The third kappa shape index (κ3) is 4.59. The third-order valence-corrected chi connectivity index (χ3v) is 7.51. The SMILES string of the molecule is Cc1cc(NC(=O)OC(C)C2CC2)ccc1-c1c(N)c2ccc(Oc3ncccn3)cc2n1C1CCC1. The maximum Gasteiger partial charge on any atom is 0.411 e. The lowest BCUT2D eigenvalue weighted by atomic mass is 9.92. The van der Waals surface area contributed by atoms with Gasteiger partial charge in [0.25, 0.3) is 0 Å². The minimum atomic E-state index is -0.412. The second-order valence-corrected chi connectivity index (χ2v) is 10.1. The Hall–Kier alpha value is -4.07. The highest BCUT2D eigenvalue weighted by molar-refractivity contribution is 6.02. The number of hydrogen-bond acceptors (Lipinski definition) is 6. The van der Waals surface area contributed by atoms with Crippen LogP contribution < -0.4 is 15.8 Å². The summed E-state index contributed by atoms with van der Waals surface area (Å²) in [4.78, 5) is 20.7. The average Bonchev–Trinajstić information content (AvgIpc) is 3.66. The number of ether oxygens (including phenoxy) is 2. The average molecular weight is 498 g/mol. The van der Waals surface area contributed by atoms with Crippen molar-refractivity contribution in [3.05, 3.63) is 60.4 Å². The summed E-state index contributed by atoms with van der Waals surface area (Å²) in [6.07, 6.45) is 8.51. The maximum atomic E-state index is 12.4. The molecule has 1 amide bonds. The fraction of sp³-hybridized carbons (Fsp3) is 0.345. The number of rotatable bonds is 7. The van der Waals surface area contributed by atoms with Crippen LogP contribution in [-0.4, -0.2) is 26.7 Å². The van der Waals surface area contributed by atoms with Crippen molar-refractivity contribution in [1.29, 1.82) is 0 Å². The molecule has 2 aliphatic carbocycles. The Morgan fingerprint density at radius 3 is 2.57 bits per heavy atom. The largest absolute Gasteiger partial charge is 0.446 e. The Bertz CT molecular complexity index is 1460. The predicted octanol–water partition coefficient (Wildman–Crippen LogP) is 6.85. The van der Waals surface area contributed by atoms with Gasteiger partial charge in [0, 0.05) is 41.1 Å². The van der Waals surface area contributed by atoms with Crippen LogP contribution >= 0.6 is 0 Å². The highest BCUT2D eigenvalue weighted by Gasteiger charge is 2.31. The smallest absolute Gasteiger partial charge is 0.411 e. The molecule has 2 fully saturated rings. The van der Waals surface area contributed by atoms with Gasteiger partial charge in [-0.1, -0.05) is 6.07 Å². The molecule has 6 rings (SSSR count). The normalized spacial score (nSPS) is 16.3. The molecule has 8 nitrogen and oxygen atoms in total. The van der Waals surface area contributed by atoms with Gasteiger partial charge >= 0.3 is 12.1 Å². The number of aryl methyl sites for hydroxylation is 1. The van der Waals surface area contributed by atoms with E-state index >= 15 is 0 Å². The van der Waals surface area contributed by atoms with E-state index in [-0.39, 0.29) is 6.10 Å². The first-order valence-electron chi connectivity index (χ1n) is 12.9. The van der Waals surface area contributed by atoms with Crippen molar-refractivity contribution in [2.75, 3.05) is 11.1 Å². The summed E-state index contributed by atoms with van der Waals surface area (Å²) >= 11 is 0. The Morgan fingerprint density at radius 1 is 1.11 bits per heavy atom. The first-order valence-corrected chi connectivity index (χ1v) is 12.9. The first kappa shape index (κ1) is 23.3. The number of anilines is 2. The van der Waals surface area contributed by atoms with Crippen LogP contribution in [0.4, 0.5) is 16.2 Å². The lowest BCUT2D eigenvalue weighted by Gasteiger charge is -2.30. The second kappa shape index (κ2) is 9.42. The maximum absolute atomic E-state index is 12.4. The van der Waals surface area contributed by atoms with Crippen molar-refractivity contribution >= 4 is 28.4 Å². The van der Waals surface area contributed by atoms with E-state index in [9.17, 15) is 4.79 Å². The molecule has 1 atom stereocenters. The van der Waals surface area contributed by atoms with E-state index in [1.807, 2.05) is 50.2 Å². The molecular formula is C29H31N5O3. The van der Waals surface area contributed by atoms with Crippen LogP contribution in [0.2, 0.25) is 0 Å². The lowest BCUT2D eigenvalue weighted by molar-refractivity contribution is 0.108. The zero-order chi connectivity index (χ0) is 25.5. The van der Waals surface area contributed by atoms with E-state index in [0.717, 1.165) is 59.1 Å². The second-order valence-electron chi connectivity index (χ2n) is 10.1. The van der Waals surface area contributed by atoms with Gasteiger partial charge in [0.15, 0.2) is 0 Å². The molecular weight excluding hydrogens is 466 g/mol. The fourth-order valence-electron chi connectivity index (χ4n) is 5.11. The standard InChI is InChI=1S/C29H31N5O3/c1-17-15-20(33-29(35)36-18(2)19-7-8-19)9-11-23(17)27-26(30)24-12-10-22(37-28-31-13-4-14-32-28)16-25(24)34(27)21-5-3-6-21/h4,9-16,18-19,21H,3,5-8,30H2,1-2H3,(H,33,35). The number of nitrogen functional groups attached to an aromatic ring is 1. The first-order chi connectivity index (χ1) is 18.0. The van der Waals surface area contributed by atoms with E-state index in [1.54, 1.807) is 18.5 Å². The number of carbonyl (C=O) groups is 1. The van der Waals surface area contributed by atoms with Gasteiger partial charge in [-0.2, -0.15) is 0 Å². The van der Waals surface area contributed by atoms with Crippen LogP contribution in [0.25, 0.3) is 22.2 Å². The van der Waals surface area contributed by atoms with Crippen molar-refractivity contribution in [1.82, 2.24) is 14.5 Å². The molecule has 4 aromatic rings. The number of hydrogen-bond donors (Lipinski definition) is 2. The van der Waals surface area contributed by atoms with Crippen LogP contribution in [0.1, 0.15) is 50.6 Å². The molecule has 3 N–H and O–H groups in total. The molecule has 37 heavy (non-hydrogen) atoms. The van der Waals surface area contributed by atoms with Crippen LogP contribution in [0.15, 0.2) is 54.9 Å². The quantitative estimate of drug-likeness (QED) is 0.289. The van der Waals surface area contributed by atoms with Gasteiger partial charge in [-0.3, -0.25) is 5.32 Å². The summed E-state index contributed by atoms with van der Waals surface area (Å²) in [5, 5.41) is 3.87. The van der Waals surface area contributed by atoms with Crippen molar-refractivity contribution in [2.45, 2.75) is 58.1 Å². The van der Waals surface area contributed by atoms with E-state index in [2.05, 4.69) is 19.9 Å². The van der Waals surface area contributed by atoms with Crippen LogP contribution in [-0.2, 0) is 4.74 Å². The summed E-state index contributed by atoms with van der Waals surface area (Å²) in [6.45, 7) is 4.00. The molecule has 0 radical (unpaired) electrons. The number of fused-ring (bicyclic) bond motifs is 1. The van der Waals surface area contributed by atoms with Gasteiger partial charge in [0.05, 0.1) is 16.9 Å². The topological polar surface area (TPSA) is 104 Å². The molecule has 0 saturated heterocycles. The van der Waals surface area contributed by atoms with Crippen LogP contribution in [0, 0.1) is 12.8 Å². The van der Waals surface area contributed by atoms with Crippen LogP contribution in [0.5, 0.6) is 11.8 Å². The molecule has 1 unspecified atom stereocenters. The minimum absolute atomic E-state index is 0.0549. The summed E-state index contributed by atoms with van der Waals surface area (Å²) in [6, 6.07) is 14.3. The van der Waals surface area contributed by atoms with Crippen molar-refractivity contribution in [3.63, 3.8) is 0 Å². The van der Waals surface area contributed by atoms with E-state index < -0.39 is 6.09 Å². The van der Waals surface area contributed by atoms with E-state index in [1.165, 1.54) is 6.42 Å². The molecule has 2 saturated carbocycles. The summed E-state index contributed by atoms with van der Waals surface area (Å²) < 4.78 is 13.8. The Balaban J connectivity index is 1.34. The van der Waals surface area contributed by atoms with Gasteiger partial charge in [-0.15, -0.1) is 0 Å². The van der Waals surface area contributed by atoms with Crippen molar-refractivity contribution < 1.29 is 14.3 Å². The van der Waals surface area contributed by atoms with Crippen molar-refractivity contribution in [3.8, 4) is 23.0 Å². The van der Waals surface area contributed by atoms with Gasteiger partial charge in [0.2, 0.25) is 0 Å². The number of nitrogens with two attached hydrogens (primary N) is 1. The molecule has 2 heterocycles. The molecule has 190 valence electrons. The monoisotopic (exact) mass is 497 g/mol. The van der Waals surface area contributed by atoms with Gasteiger partial charge in [0.1, 0.15) is 11.9 Å². The Labute approximate surface area is 215 Å². The number of aromatic nitrogens is 3. The number of nitrogens with one attached hydrogen (secondary N) is 1. The molecule has 2 aromatic carbocycles. The Morgan fingerprint density at radius 2 is 1.89 bits per heavy atom. The van der Waals surface area contributed by atoms with Crippen molar-refractivity contribution in [2.24, 2.45) is 5.92 Å². The number of carbonyl (C=O) groups excluding carboxylic acids is 1. The summed E-state index contributed by atoms with van der Waals surface area (Å²) in [5.41, 5.74) is 12.3. The molecule has 2 aliphatic rings. The van der Waals surface area contributed by atoms with Gasteiger partial charge in [-0.05, 0) is 87.8 Å². The summed E-state index contributed by atoms with van der Waals surface area (Å²) in [7, 11) is 0. The number of nitrogens with zero attached hydrogens (tertiary/aromatic N) is 3. The van der Waals surface area contributed by atoms with Gasteiger partial charge in [-0.25, -0.2) is 14.8 Å². The van der Waals surface area contributed by atoms with Gasteiger partial charge < -0.3 is 19.8 Å². The summed E-state index contributed by atoms with van der Waals surface area (Å²) in [5.74, 6) is 1.16. The molecule has 8 heteroatoms. The lowest BCUT2D eigenvalue weighted by Crippen LogP contribution is -2.21. The number of amides is 1. The fourth-order valence-corrected chi connectivity index (χ4v) is 5.11. The number of benzene rings is 2. The third-order valence-electron chi connectivity index (χ3n) is 7.51. The minimum Gasteiger partial charge on any atom is -0.446 e. The van der Waals surface area contributed by atoms with E-state index in [0.29, 0.717) is 29.4 Å². The zero-order valence-electron chi connectivity index (χ0n) is 21.1. The molecule has 0 bridgehead atoms. The molecule has 2 aromatic heterocycles. The zero-order valence-corrected chi connectivity index (χ0v) is 21.1. The molecule has 0 aliphatic heterocycles. The Kier molecular flexibility index (Phi) is 5.94. The van der Waals surface area contributed by atoms with Crippen LogP contribution in [0.3, 0.4) is 0 Å². The molecule has 0 spiro atoms.